The van der Waals surface area contributed by atoms with Crippen molar-refractivity contribution in [3.63, 3.8) is 0 Å². The van der Waals surface area contributed by atoms with Crippen LogP contribution in [0.2, 0.25) is 0 Å². The second-order valence-electron chi connectivity index (χ2n) is 1.91. The van der Waals surface area contributed by atoms with E-state index in [1.54, 1.807) is 0 Å². The molecule has 0 aromatic rings. The van der Waals surface area contributed by atoms with Gasteiger partial charge < -0.3 is 5.11 Å². The highest BCUT2D eigenvalue weighted by Gasteiger charge is 1.91. The van der Waals surface area contributed by atoms with Crippen molar-refractivity contribution < 1.29 is 5.11 Å². The Morgan fingerprint density at radius 2 is 2.38 bits per heavy atom. The molecule has 0 bridgehead atoms. The van der Waals surface area contributed by atoms with Gasteiger partial charge in [-0.05, 0) is 17.3 Å². The van der Waals surface area contributed by atoms with Gasteiger partial charge in [0, 0.05) is 6.61 Å². The molecule has 0 spiro atoms. The average Bonchev–Trinajstić information content (AvgIpc) is 1.65. The third kappa shape index (κ3) is 4.34. The molecular formula is C6H11BrO. The monoisotopic (exact) mass is 178 g/mol. The van der Waals surface area contributed by atoms with E-state index in [0.717, 1.165) is 4.48 Å². The van der Waals surface area contributed by atoms with Crippen LogP contribution in [0.5, 0.6) is 0 Å². The van der Waals surface area contributed by atoms with Crippen molar-refractivity contribution in [2.24, 2.45) is 5.92 Å². The molecule has 0 aromatic carbocycles. The third-order valence-corrected chi connectivity index (χ3v) is 1.07. The van der Waals surface area contributed by atoms with Crippen LogP contribution in [0.25, 0.3) is 0 Å². The van der Waals surface area contributed by atoms with Crippen LogP contribution in [-0.4, -0.2) is 11.7 Å². The molecule has 0 aliphatic rings. The van der Waals surface area contributed by atoms with E-state index in [0.29, 0.717) is 0 Å². The molecule has 0 amide bonds. The topological polar surface area (TPSA) is 20.2 Å². The number of rotatable bonds is 2. The fourth-order valence-corrected chi connectivity index (χ4v) is 0.896. The van der Waals surface area contributed by atoms with Gasteiger partial charge in [0.1, 0.15) is 0 Å². The highest BCUT2D eigenvalue weighted by molar-refractivity contribution is 9.11. The first-order chi connectivity index (χ1) is 3.66. The van der Waals surface area contributed by atoms with Crippen molar-refractivity contribution in [3.8, 4) is 0 Å². The first-order valence-corrected chi connectivity index (χ1v) is 3.41. The summed E-state index contributed by atoms with van der Waals surface area (Å²) in [4.78, 5) is 0. The van der Waals surface area contributed by atoms with E-state index in [2.05, 4.69) is 15.9 Å². The lowest BCUT2D eigenvalue weighted by Crippen LogP contribution is -1.94. The molecule has 0 heterocycles. The van der Waals surface area contributed by atoms with E-state index in [1.807, 2.05) is 19.9 Å². The van der Waals surface area contributed by atoms with Gasteiger partial charge in [-0.15, -0.1) is 0 Å². The zero-order valence-electron chi connectivity index (χ0n) is 5.19. The van der Waals surface area contributed by atoms with Gasteiger partial charge in [-0.25, -0.2) is 0 Å². The minimum Gasteiger partial charge on any atom is -0.396 e. The SMILES string of the molecule is C/C(Br)=C/[C@H](C)CO. The first-order valence-electron chi connectivity index (χ1n) is 2.61. The number of allylic oxidation sites excluding steroid dienone is 1. The van der Waals surface area contributed by atoms with E-state index in [9.17, 15) is 0 Å². The predicted molar refractivity (Wildman–Crippen MR) is 38.9 cm³/mol. The summed E-state index contributed by atoms with van der Waals surface area (Å²) >= 11 is 3.27. The van der Waals surface area contributed by atoms with Crippen molar-refractivity contribution in [3.05, 3.63) is 10.6 Å². The van der Waals surface area contributed by atoms with Crippen LogP contribution in [-0.2, 0) is 0 Å². The van der Waals surface area contributed by atoms with Gasteiger partial charge in [-0.1, -0.05) is 28.9 Å². The Balaban J connectivity index is 3.51. The van der Waals surface area contributed by atoms with Crippen LogP contribution < -0.4 is 0 Å². The number of aliphatic hydroxyl groups excluding tert-OH is 1. The van der Waals surface area contributed by atoms with Gasteiger partial charge in [0.15, 0.2) is 0 Å². The lowest BCUT2D eigenvalue weighted by Gasteiger charge is -1.97. The van der Waals surface area contributed by atoms with Gasteiger partial charge in [0.25, 0.3) is 0 Å². The number of hydrogen-bond donors (Lipinski definition) is 1. The molecular weight excluding hydrogens is 168 g/mol. The second kappa shape index (κ2) is 4.10. The van der Waals surface area contributed by atoms with Crippen molar-refractivity contribution in [2.45, 2.75) is 13.8 Å². The summed E-state index contributed by atoms with van der Waals surface area (Å²) in [6, 6.07) is 0. The molecule has 0 saturated carbocycles. The highest BCUT2D eigenvalue weighted by atomic mass is 79.9. The quantitative estimate of drug-likeness (QED) is 0.686. The maximum atomic E-state index is 8.52. The number of hydrogen-bond acceptors (Lipinski definition) is 1. The summed E-state index contributed by atoms with van der Waals surface area (Å²) in [6.45, 7) is 4.14. The van der Waals surface area contributed by atoms with E-state index in [-0.39, 0.29) is 12.5 Å². The second-order valence-corrected chi connectivity index (χ2v) is 3.16. The van der Waals surface area contributed by atoms with Crippen LogP contribution >= 0.6 is 15.9 Å². The van der Waals surface area contributed by atoms with Gasteiger partial charge in [-0.3, -0.25) is 0 Å². The zero-order valence-corrected chi connectivity index (χ0v) is 6.77. The smallest absolute Gasteiger partial charge is 0.0491 e. The molecule has 0 unspecified atom stereocenters. The van der Waals surface area contributed by atoms with Crippen molar-refractivity contribution in [1.82, 2.24) is 0 Å². The Bertz CT molecular complexity index is 84.5. The van der Waals surface area contributed by atoms with E-state index in [4.69, 9.17) is 5.11 Å². The minimum atomic E-state index is 0.225. The van der Waals surface area contributed by atoms with Gasteiger partial charge in [-0.2, -0.15) is 0 Å². The van der Waals surface area contributed by atoms with Crippen LogP contribution in [0.1, 0.15) is 13.8 Å². The lowest BCUT2D eigenvalue weighted by molar-refractivity contribution is 0.262. The van der Waals surface area contributed by atoms with Crippen LogP contribution in [0.15, 0.2) is 10.6 Å². The number of aliphatic hydroxyl groups is 1. The molecule has 0 aromatic heterocycles. The largest absolute Gasteiger partial charge is 0.396 e. The van der Waals surface area contributed by atoms with Gasteiger partial charge >= 0.3 is 0 Å². The summed E-state index contributed by atoms with van der Waals surface area (Å²) in [5.74, 6) is 0.273. The van der Waals surface area contributed by atoms with E-state index in [1.165, 1.54) is 0 Å². The summed E-state index contributed by atoms with van der Waals surface area (Å²) in [7, 11) is 0. The Labute approximate surface area is 58.5 Å². The van der Waals surface area contributed by atoms with Gasteiger partial charge in [0.2, 0.25) is 0 Å². The van der Waals surface area contributed by atoms with Crippen LogP contribution in [0.3, 0.4) is 0 Å². The predicted octanol–water partition coefficient (Wildman–Crippen LogP) is 1.91. The van der Waals surface area contributed by atoms with Crippen molar-refractivity contribution in [2.75, 3.05) is 6.61 Å². The average molecular weight is 179 g/mol. The normalized spacial score (nSPS) is 16.2. The minimum absolute atomic E-state index is 0.225. The third-order valence-electron chi connectivity index (χ3n) is 0.802. The van der Waals surface area contributed by atoms with Crippen molar-refractivity contribution in [1.29, 1.82) is 0 Å². The maximum Gasteiger partial charge on any atom is 0.0491 e. The summed E-state index contributed by atoms with van der Waals surface area (Å²) in [6.07, 6.45) is 1.97. The standard InChI is InChI=1S/C6H11BrO/c1-5(4-8)3-6(2)7/h3,5,8H,4H2,1-2H3/b6-3-/t5-/m0/s1. The zero-order chi connectivity index (χ0) is 6.57. The number of halogens is 1. The molecule has 1 N–H and O–H groups in total. The molecule has 8 heavy (non-hydrogen) atoms. The fourth-order valence-electron chi connectivity index (χ4n) is 0.445. The summed E-state index contributed by atoms with van der Waals surface area (Å²) in [5.41, 5.74) is 0. The Morgan fingerprint density at radius 3 is 2.50 bits per heavy atom. The molecule has 1 nitrogen and oxygen atoms in total. The van der Waals surface area contributed by atoms with Crippen molar-refractivity contribution >= 4 is 15.9 Å². The first kappa shape index (κ1) is 8.18. The van der Waals surface area contributed by atoms with Crippen LogP contribution in [0, 0.1) is 5.92 Å². The molecule has 0 saturated heterocycles. The Morgan fingerprint density at radius 1 is 1.88 bits per heavy atom. The van der Waals surface area contributed by atoms with E-state index < -0.39 is 0 Å². The van der Waals surface area contributed by atoms with E-state index >= 15 is 0 Å². The van der Waals surface area contributed by atoms with Crippen LogP contribution in [0.4, 0.5) is 0 Å². The molecule has 0 fully saturated rings. The molecule has 0 rings (SSSR count). The fraction of sp³-hybridized carbons (Fsp3) is 0.667. The maximum absolute atomic E-state index is 8.52. The summed E-state index contributed by atoms with van der Waals surface area (Å²) < 4.78 is 1.08. The molecule has 1 atom stereocenters. The molecule has 0 radical (unpaired) electrons. The molecule has 2 heteroatoms. The van der Waals surface area contributed by atoms with Gasteiger partial charge in [0.05, 0.1) is 0 Å². The Hall–Kier alpha value is 0.180. The molecule has 0 aliphatic heterocycles. The lowest BCUT2D eigenvalue weighted by atomic mass is 10.2. The summed E-state index contributed by atoms with van der Waals surface area (Å²) in [5, 5.41) is 8.52. The molecule has 0 aliphatic carbocycles. The molecule has 48 valence electrons. The highest BCUT2D eigenvalue weighted by Crippen LogP contribution is 2.06. The Kier molecular flexibility index (Phi) is 4.19.